The van der Waals surface area contributed by atoms with Crippen LogP contribution in [0.2, 0.25) is 0 Å². The molecular weight excluding hydrogens is 218 g/mol. The molecule has 1 aromatic rings. The number of carbonyl (C=O) groups is 2. The molecule has 0 aliphatic carbocycles. The third-order valence-electron chi connectivity index (χ3n) is 2.60. The van der Waals surface area contributed by atoms with Gasteiger partial charge in [-0.15, -0.1) is 0 Å². The summed E-state index contributed by atoms with van der Waals surface area (Å²) < 4.78 is 0. The minimum Gasteiger partial charge on any atom is -0.352 e. The van der Waals surface area contributed by atoms with Crippen LogP contribution in [0.1, 0.15) is 17.5 Å². The van der Waals surface area contributed by atoms with E-state index in [2.05, 4.69) is 10.6 Å². The molecule has 0 saturated carbocycles. The second-order valence-electron chi connectivity index (χ2n) is 3.78. The van der Waals surface area contributed by atoms with E-state index in [0.29, 0.717) is 18.7 Å². The standard InChI is InChI=1S/C12H11N3O2/c13-5-4-11(16)15-10-3-1-2-8-6-12(17)14-7-9(8)10/h1-3H,4,6-7H2,(H,14,17)(H,15,16). The van der Waals surface area contributed by atoms with Gasteiger partial charge in [-0.25, -0.2) is 0 Å². The van der Waals surface area contributed by atoms with Crippen molar-refractivity contribution in [3.05, 3.63) is 29.3 Å². The van der Waals surface area contributed by atoms with Gasteiger partial charge in [0.1, 0.15) is 6.42 Å². The summed E-state index contributed by atoms with van der Waals surface area (Å²) in [5.41, 5.74) is 2.50. The number of carbonyl (C=O) groups excluding carboxylic acids is 2. The van der Waals surface area contributed by atoms with E-state index < -0.39 is 0 Å². The highest BCUT2D eigenvalue weighted by Gasteiger charge is 2.18. The van der Waals surface area contributed by atoms with Crippen molar-refractivity contribution < 1.29 is 9.59 Å². The number of hydrogen-bond donors (Lipinski definition) is 2. The first-order valence-electron chi connectivity index (χ1n) is 5.25. The summed E-state index contributed by atoms with van der Waals surface area (Å²) in [6, 6.07) is 7.22. The van der Waals surface area contributed by atoms with E-state index in [4.69, 9.17) is 5.26 Å². The number of fused-ring (bicyclic) bond motifs is 1. The van der Waals surface area contributed by atoms with Gasteiger partial charge in [-0.05, 0) is 17.2 Å². The molecule has 86 valence electrons. The number of amides is 2. The predicted octanol–water partition coefficient (Wildman–Crippen LogP) is 0.711. The molecule has 0 unspecified atom stereocenters. The fourth-order valence-electron chi connectivity index (χ4n) is 1.81. The van der Waals surface area contributed by atoms with Gasteiger partial charge in [0.2, 0.25) is 11.8 Å². The summed E-state index contributed by atoms with van der Waals surface area (Å²) in [5, 5.41) is 13.8. The van der Waals surface area contributed by atoms with Crippen molar-refractivity contribution in [1.29, 1.82) is 5.26 Å². The van der Waals surface area contributed by atoms with Gasteiger partial charge >= 0.3 is 0 Å². The summed E-state index contributed by atoms with van der Waals surface area (Å²) in [6.07, 6.45) is 0.160. The first-order valence-corrected chi connectivity index (χ1v) is 5.25. The van der Waals surface area contributed by atoms with Gasteiger partial charge < -0.3 is 10.6 Å². The average Bonchev–Trinajstić information content (AvgIpc) is 2.29. The largest absolute Gasteiger partial charge is 0.352 e. The Morgan fingerprint density at radius 1 is 1.53 bits per heavy atom. The number of rotatable bonds is 2. The lowest BCUT2D eigenvalue weighted by Crippen LogP contribution is -2.31. The molecule has 0 fully saturated rings. The van der Waals surface area contributed by atoms with Gasteiger partial charge in [0, 0.05) is 12.2 Å². The van der Waals surface area contributed by atoms with Gasteiger partial charge in [-0.3, -0.25) is 9.59 Å². The van der Waals surface area contributed by atoms with Crippen LogP contribution >= 0.6 is 0 Å². The van der Waals surface area contributed by atoms with E-state index in [1.165, 1.54) is 0 Å². The Bertz CT molecular complexity index is 517. The number of anilines is 1. The fourth-order valence-corrected chi connectivity index (χ4v) is 1.81. The highest BCUT2D eigenvalue weighted by Crippen LogP contribution is 2.23. The van der Waals surface area contributed by atoms with Crippen molar-refractivity contribution in [2.45, 2.75) is 19.4 Å². The van der Waals surface area contributed by atoms with Crippen molar-refractivity contribution in [3.8, 4) is 6.07 Å². The third kappa shape index (κ3) is 2.42. The molecule has 1 aliphatic heterocycles. The fraction of sp³-hybridized carbons (Fsp3) is 0.250. The van der Waals surface area contributed by atoms with Gasteiger partial charge in [-0.1, -0.05) is 12.1 Å². The number of benzene rings is 1. The molecule has 2 amide bonds. The second-order valence-corrected chi connectivity index (χ2v) is 3.78. The van der Waals surface area contributed by atoms with E-state index in [1.807, 2.05) is 6.07 Å². The Hall–Kier alpha value is -2.35. The van der Waals surface area contributed by atoms with Crippen LogP contribution < -0.4 is 10.6 Å². The molecule has 0 aromatic heterocycles. The zero-order chi connectivity index (χ0) is 12.3. The van der Waals surface area contributed by atoms with Crippen molar-refractivity contribution in [2.75, 3.05) is 5.32 Å². The molecule has 0 atom stereocenters. The van der Waals surface area contributed by atoms with Gasteiger partial charge in [-0.2, -0.15) is 5.26 Å². The summed E-state index contributed by atoms with van der Waals surface area (Å²) >= 11 is 0. The lowest BCUT2D eigenvalue weighted by molar-refractivity contribution is -0.121. The van der Waals surface area contributed by atoms with Crippen LogP contribution in [0.15, 0.2) is 18.2 Å². The number of nitriles is 1. The van der Waals surface area contributed by atoms with Crippen molar-refractivity contribution in [1.82, 2.24) is 5.32 Å². The van der Waals surface area contributed by atoms with E-state index in [-0.39, 0.29) is 18.2 Å². The Kier molecular flexibility index (Phi) is 3.06. The van der Waals surface area contributed by atoms with Crippen LogP contribution in [0.25, 0.3) is 0 Å². The van der Waals surface area contributed by atoms with Crippen molar-refractivity contribution in [2.24, 2.45) is 0 Å². The first kappa shape index (κ1) is 11.1. The maximum atomic E-state index is 11.3. The minimum absolute atomic E-state index is 0.0157. The van der Waals surface area contributed by atoms with Crippen LogP contribution in [0.4, 0.5) is 5.69 Å². The predicted molar refractivity (Wildman–Crippen MR) is 60.9 cm³/mol. The normalized spacial score (nSPS) is 13.2. The second kappa shape index (κ2) is 4.66. The Labute approximate surface area is 98.4 Å². The molecule has 0 radical (unpaired) electrons. The monoisotopic (exact) mass is 229 g/mol. The van der Waals surface area contributed by atoms with E-state index in [9.17, 15) is 9.59 Å². The zero-order valence-corrected chi connectivity index (χ0v) is 9.12. The molecule has 0 spiro atoms. The lowest BCUT2D eigenvalue weighted by atomic mass is 9.99. The molecule has 2 rings (SSSR count). The van der Waals surface area contributed by atoms with E-state index >= 15 is 0 Å². The van der Waals surface area contributed by atoms with Crippen LogP contribution in [-0.2, 0) is 22.6 Å². The zero-order valence-electron chi connectivity index (χ0n) is 9.12. The molecule has 0 saturated heterocycles. The molecule has 5 heteroatoms. The lowest BCUT2D eigenvalue weighted by Gasteiger charge is -2.20. The highest BCUT2D eigenvalue weighted by atomic mass is 16.2. The third-order valence-corrected chi connectivity index (χ3v) is 2.60. The Balaban J connectivity index is 2.24. The molecular formula is C12H11N3O2. The summed E-state index contributed by atoms with van der Waals surface area (Å²) in [6.45, 7) is 0.414. The Morgan fingerprint density at radius 3 is 3.12 bits per heavy atom. The SMILES string of the molecule is N#CCC(=O)Nc1cccc2c1CNC(=O)C2. The summed E-state index contributed by atoms with van der Waals surface area (Å²) in [4.78, 5) is 22.6. The number of nitrogens with zero attached hydrogens (tertiary/aromatic N) is 1. The minimum atomic E-state index is -0.335. The van der Waals surface area contributed by atoms with Crippen molar-refractivity contribution in [3.63, 3.8) is 0 Å². The van der Waals surface area contributed by atoms with E-state index in [0.717, 1.165) is 11.1 Å². The summed E-state index contributed by atoms with van der Waals surface area (Å²) in [7, 11) is 0. The Morgan fingerprint density at radius 2 is 2.35 bits per heavy atom. The molecule has 1 aromatic carbocycles. The van der Waals surface area contributed by atoms with E-state index in [1.54, 1.807) is 18.2 Å². The maximum absolute atomic E-state index is 11.3. The highest BCUT2D eigenvalue weighted by molar-refractivity contribution is 5.93. The molecule has 17 heavy (non-hydrogen) atoms. The quantitative estimate of drug-likeness (QED) is 0.783. The number of nitrogens with one attached hydrogen (secondary N) is 2. The van der Waals surface area contributed by atoms with Gasteiger partial charge in [0.25, 0.3) is 0 Å². The maximum Gasteiger partial charge on any atom is 0.238 e. The van der Waals surface area contributed by atoms with Crippen LogP contribution in [-0.4, -0.2) is 11.8 Å². The van der Waals surface area contributed by atoms with Gasteiger partial charge in [0.15, 0.2) is 0 Å². The molecule has 1 heterocycles. The molecule has 1 aliphatic rings. The molecule has 5 nitrogen and oxygen atoms in total. The number of hydrogen-bond acceptors (Lipinski definition) is 3. The summed E-state index contributed by atoms with van der Waals surface area (Å²) in [5.74, 6) is -0.351. The molecule has 0 bridgehead atoms. The van der Waals surface area contributed by atoms with Gasteiger partial charge in [0.05, 0.1) is 12.5 Å². The topological polar surface area (TPSA) is 82.0 Å². The van der Waals surface area contributed by atoms with Crippen LogP contribution in [0.3, 0.4) is 0 Å². The van der Waals surface area contributed by atoms with Crippen LogP contribution in [0.5, 0.6) is 0 Å². The molecule has 2 N–H and O–H groups in total. The van der Waals surface area contributed by atoms with Crippen LogP contribution in [0, 0.1) is 11.3 Å². The first-order chi connectivity index (χ1) is 8.20. The average molecular weight is 229 g/mol. The smallest absolute Gasteiger partial charge is 0.238 e. The van der Waals surface area contributed by atoms with Crippen molar-refractivity contribution >= 4 is 17.5 Å².